The summed E-state index contributed by atoms with van der Waals surface area (Å²) in [6.45, 7) is -1.86. The molecule has 1 aliphatic heterocycles. The Bertz CT molecular complexity index is 1510. The quantitative estimate of drug-likeness (QED) is 0.350. The van der Waals surface area contributed by atoms with Crippen molar-refractivity contribution in [3.05, 3.63) is 51.7 Å². The average molecular weight is 557 g/mol. The lowest BCUT2D eigenvalue weighted by molar-refractivity contribution is -0.153. The van der Waals surface area contributed by atoms with Crippen LogP contribution in [0.4, 0.5) is 13.2 Å². The number of aromatic carboxylic acids is 1. The molecule has 37 heavy (non-hydrogen) atoms. The van der Waals surface area contributed by atoms with Gasteiger partial charge in [0.25, 0.3) is 5.91 Å². The fraction of sp³-hybridized carbons (Fsp3) is 0.273. The molecule has 4 aromatic rings. The molecule has 1 aliphatic rings. The fourth-order valence-electron chi connectivity index (χ4n) is 3.87. The molecule has 0 radical (unpaired) electrons. The summed E-state index contributed by atoms with van der Waals surface area (Å²) in [5.74, 6) is -2.64. The minimum absolute atomic E-state index is 0.0329. The third kappa shape index (κ3) is 4.99. The van der Waals surface area contributed by atoms with Crippen molar-refractivity contribution >= 4 is 45.8 Å². The first-order valence-corrected chi connectivity index (χ1v) is 11.8. The van der Waals surface area contributed by atoms with Crippen molar-refractivity contribution in [2.75, 3.05) is 19.7 Å². The van der Waals surface area contributed by atoms with Gasteiger partial charge < -0.3 is 28.9 Å². The molecular formula is C22H16ClF3N4O6S. The second kappa shape index (κ2) is 9.36. The van der Waals surface area contributed by atoms with E-state index in [1.807, 2.05) is 0 Å². The summed E-state index contributed by atoms with van der Waals surface area (Å²) < 4.78 is 50.6. The van der Waals surface area contributed by atoms with Crippen LogP contribution >= 0.6 is 22.9 Å². The molecule has 4 heterocycles. The zero-order chi connectivity index (χ0) is 26.5. The minimum atomic E-state index is -4.68. The van der Waals surface area contributed by atoms with Crippen LogP contribution in [-0.2, 0) is 6.54 Å². The van der Waals surface area contributed by atoms with E-state index in [1.54, 1.807) is 18.2 Å². The van der Waals surface area contributed by atoms with E-state index in [0.717, 1.165) is 6.07 Å². The number of rotatable bonds is 7. The third-order valence-corrected chi connectivity index (χ3v) is 6.77. The summed E-state index contributed by atoms with van der Waals surface area (Å²) in [5, 5.41) is 23.3. The molecule has 2 N–H and O–H groups in total. The Labute approximate surface area is 214 Å². The number of imidazole rings is 1. The number of carbonyl (C=O) groups is 2. The Balaban J connectivity index is 1.58. The van der Waals surface area contributed by atoms with Crippen LogP contribution in [0.15, 0.2) is 34.9 Å². The number of alkyl halides is 3. The normalized spacial score (nSPS) is 14.2. The Morgan fingerprint density at radius 1 is 1.24 bits per heavy atom. The Morgan fingerprint density at radius 2 is 2.00 bits per heavy atom. The van der Waals surface area contributed by atoms with E-state index in [-0.39, 0.29) is 36.2 Å². The van der Waals surface area contributed by atoms with Crippen molar-refractivity contribution < 1.29 is 42.2 Å². The largest absolute Gasteiger partial charge is 0.483 e. The first-order chi connectivity index (χ1) is 17.5. The number of carboxylic acid groups (broad SMARTS) is 1. The number of thiophene rings is 1. The molecule has 0 saturated carbocycles. The molecule has 15 heteroatoms. The van der Waals surface area contributed by atoms with Gasteiger partial charge in [0.2, 0.25) is 5.82 Å². The zero-order valence-electron chi connectivity index (χ0n) is 18.5. The molecule has 0 aliphatic carbocycles. The van der Waals surface area contributed by atoms with E-state index in [0.29, 0.717) is 20.7 Å². The maximum absolute atomic E-state index is 13.2. The van der Waals surface area contributed by atoms with E-state index in [1.165, 1.54) is 26.9 Å². The summed E-state index contributed by atoms with van der Waals surface area (Å²) >= 11 is 7.22. The maximum atomic E-state index is 13.2. The van der Waals surface area contributed by atoms with Crippen LogP contribution in [0.5, 0.6) is 5.75 Å². The van der Waals surface area contributed by atoms with Gasteiger partial charge in [-0.15, -0.1) is 11.3 Å². The second-order valence-corrected chi connectivity index (χ2v) is 9.90. The van der Waals surface area contributed by atoms with Gasteiger partial charge >= 0.3 is 12.1 Å². The molecule has 0 spiro atoms. The number of β-amino-alcohol motifs (C(OH)–C–C–N with tert-alkyl or cyclic N) is 1. The number of hydrogen-bond acceptors (Lipinski definition) is 8. The maximum Gasteiger partial charge on any atom is 0.422 e. The lowest BCUT2D eigenvalue weighted by Gasteiger charge is -2.36. The highest BCUT2D eigenvalue weighted by Gasteiger charge is 2.35. The number of aliphatic hydroxyl groups is 1. The van der Waals surface area contributed by atoms with Gasteiger partial charge in [-0.2, -0.15) is 13.2 Å². The van der Waals surface area contributed by atoms with Crippen LogP contribution in [0.1, 0.15) is 26.7 Å². The predicted octanol–water partition coefficient (Wildman–Crippen LogP) is 3.91. The Kier molecular flexibility index (Phi) is 6.33. The van der Waals surface area contributed by atoms with Gasteiger partial charge in [0.1, 0.15) is 22.5 Å². The number of benzene rings is 1. The smallest absolute Gasteiger partial charge is 0.422 e. The molecule has 1 aromatic carbocycles. The summed E-state index contributed by atoms with van der Waals surface area (Å²) in [6, 6.07) is 7.49. The van der Waals surface area contributed by atoms with E-state index >= 15 is 0 Å². The van der Waals surface area contributed by atoms with Gasteiger partial charge in [-0.1, -0.05) is 16.8 Å². The van der Waals surface area contributed by atoms with Crippen LogP contribution in [-0.4, -0.2) is 73.7 Å². The predicted molar refractivity (Wildman–Crippen MR) is 124 cm³/mol. The molecule has 10 nitrogen and oxygen atoms in total. The van der Waals surface area contributed by atoms with Gasteiger partial charge in [0.05, 0.1) is 27.4 Å². The van der Waals surface area contributed by atoms with Crippen molar-refractivity contribution in [2.24, 2.45) is 0 Å². The number of hydrogen-bond donors (Lipinski definition) is 2. The van der Waals surface area contributed by atoms with E-state index in [9.17, 15) is 33.0 Å². The minimum Gasteiger partial charge on any atom is -0.483 e. The molecule has 0 bridgehead atoms. The standard InChI is InChI=1S/C22H16ClF3N4O6S/c23-16-4-3-15(37-16)14-5-10(28-36-14)6-30-12-1-2-13(35-9-22(24,25)26)17(18(12)27-19(30)21(33)34)20(32)29-7-11(31)8-29/h1-5,11,31H,6-9H2,(H,33,34). The van der Waals surface area contributed by atoms with Crippen LogP contribution < -0.4 is 4.74 Å². The summed E-state index contributed by atoms with van der Waals surface area (Å²) in [6.07, 6.45) is -5.44. The summed E-state index contributed by atoms with van der Waals surface area (Å²) in [5.41, 5.74) is 0.00329. The Morgan fingerprint density at radius 3 is 2.62 bits per heavy atom. The van der Waals surface area contributed by atoms with Gasteiger partial charge in [-0.05, 0) is 24.3 Å². The molecule has 1 fully saturated rings. The van der Waals surface area contributed by atoms with Crippen molar-refractivity contribution in [2.45, 2.75) is 18.8 Å². The number of nitrogens with zero attached hydrogens (tertiary/aromatic N) is 4. The number of carboxylic acids is 1. The van der Waals surface area contributed by atoms with Crippen molar-refractivity contribution in [1.82, 2.24) is 19.6 Å². The van der Waals surface area contributed by atoms with E-state index in [2.05, 4.69) is 10.1 Å². The number of fused-ring (bicyclic) bond motifs is 1. The van der Waals surface area contributed by atoms with Crippen LogP contribution in [0, 0.1) is 0 Å². The van der Waals surface area contributed by atoms with Gasteiger partial charge in [-0.25, -0.2) is 9.78 Å². The number of ether oxygens (including phenoxy) is 1. The summed E-state index contributed by atoms with van der Waals surface area (Å²) in [7, 11) is 0. The average Bonchev–Trinajstić information content (AvgIpc) is 3.53. The highest BCUT2D eigenvalue weighted by molar-refractivity contribution is 7.19. The van der Waals surface area contributed by atoms with E-state index in [4.69, 9.17) is 20.9 Å². The number of aliphatic hydroxyl groups excluding tert-OH is 1. The molecule has 0 unspecified atom stereocenters. The summed E-state index contributed by atoms with van der Waals surface area (Å²) in [4.78, 5) is 31.2. The van der Waals surface area contributed by atoms with Crippen molar-refractivity contribution in [3.63, 3.8) is 0 Å². The number of halogens is 4. The number of likely N-dealkylation sites (tertiary alicyclic amines) is 1. The molecule has 1 amide bonds. The van der Waals surface area contributed by atoms with Crippen LogP contribution in [0.25, 0.3) is 21.7 Å². The van der Waals surface area contributed by atoms with Crippen molar-refractivity contribution in [3.8, 4) is 16.4 Å². The van der Waals surface area contributed by atoms with Crippen molar-refractivity contribution in [1.29, 1.82) is 0 Å². The number of amides is 1. The molecular weight excluding hydrogens is 541 g/mol. The first kappa shape index (κ1) is 25.0. The first-order valence-electron chi connectivity index (χ1n) is 10.6. The van der Waals surface area contributed by atoms with Gasteiger partial charge in [0.15, 0.2) is 12.4 Å². The SMILES string of the molecule is O=C(O)c1nc2c(C(=O)N3CC(O)C3)c(OCC(F)(F)F)ccc2n1Cc1cc(-c2ccc(Cl)s2)on1. The second-order valence-electron chi connectivity index (χ2n) is 8.19. The van der Waals surface area contributed by atoms with Gasteiger partial charge in [-0.3, -0.25) is 4.79 Å². The molecule has 0 atom stereocenters. The lowest BCUT2D eigenvalue weighted by atomic mass is 10.1. The number of aromatic nitrogens is 3. The number of carbonyl (C=O) groups excluding carboxylic acids is 1. The lowest BCUT2D eigenvalue weighted by Crippen LogP contribution is -2.53. The van der Waals surface area contributed by atoms with Crippen LogP contribution in [0.3, 0.4) is 0 Å². The molecule has 5 rings (SSSR count). The Hall–Kier alpha value is -3.62. The van der Waals surface area contributed by atoms with Gasteiger partial charge in [0, 0.05) is 19.2 Å². The van der Waals surface area contributed by atoms with E-state index < -0.39 is 42.3 Å². The fourth-order valence-corrected chi connectivity index (χ4v) is 4.86. The third-order valence-electron chi connectivity index (χ3n) is 5.52. The topological polar surface area (TPSA) is 131 Å². The monoisotopic (exact) mass is 556 g/mol. The molecule has 3 aromatic heterocycles. The highest BCUT2D eigenvalue weighted by atomic mass is 35.5. The molecule has 194 valence electrons. The molecule has 1 saturated heterocycles. The highest BCUT2D eigenvalue weighted by Crippen LogP contribution is 2.34. The van der Waals surface area contributed by atoms with Crippen LogP contribution in [0.2, 0.25) is 4.34 Å². The zero-order valence-corrected chi connectivity index (χ0v) is 20.1.